The van der Waals surface area contributed by atoms with Gasteiger partial charge >= 0.3 is 0 Å². The zero-order chi connectivity index (χ0) is 18.5. The minimum Gasteiger partial charge on any atom is -0.351 e. The van der Waals surface area contributed by atoms with Gasteiger partial charge in [0.05, 0.1) is 0 Å². The van der Waals surface area contributed by atoms with Crippen molar-refractivity contribution < 1.29 is 9.59 Å². The molecular weight excluding hydrogens is 328 g/mol. The monoisotopic (exact) mass is 350 g/mol. The van der Waals surface area contributed by atoms with E-state index < -0.39 is 0 Å². The number of anilines is 1. The van der Waals surface area contributed by atoms with Crippen LogP contribution in [0.4, 0.5) is 5.82 Å². The predicted octanol–water partition coefficient (Wildman–Crippen LogP) is 3.42. The van der Waals surface area contributed by atoms with E-state index in [-0.39, 0.29) is 17.6 Å². The summed E-state index contributed by atoms with van der Waals surface area (Å²) in [5, 5.41) is 5.67. The Hall–Kier alpha value is -3.15. The molecule has 0 radical (unpaired) electrons. The summed E-state index contributed by atoms with van der Waals surface area (Å²) < 4.78 is 1.69. The molecule has 1 aromatic carbocycles. The van der Waals surface area contributed by atoms with Gasteiger partial charge in [0.25, 0.3) is 11.8 Å². The molecule has 0 aliphatic carbocycles. The van der Waals surface area contributed by atoms with Gasteiger partial charge in [0.1, 0.15) is 5.65 Å². The van der Waals surface area contributed by atoms with Gasteiger partial charge < -0.3 is 10.6 Å². The molecule has 6 nitrogen and oxygen atoms in total. The van der Waals surface area contributed by atoms with Crippen molar-refractivity contribution in [2.75, 3.05) is 11.9 Å². The van der Waals surface area contributed by atoms with Gasteiger partial charge in [-0.1, -0.05) is 37.1 Å². The minimum atomic E-state index is -0.292. The Bertz CT molecular complexity index is 946. The average Bonchev–Trinajstić information content (AvgIpc) is 2.99. The molecule has 0 saturated heterocycles. The highest BCUT2D eigenvalue weighted by Crippen LogP contribution is 2.19. The maximum atomic E-state index is 12.7. The highest BCUT2D eigenvalue weighted by Gasteiger charge is 2.21. The number of imidazole rings is 1. The first-order chi connectivity index (χ1) is 12.6. The Morgan fingerprint density at radius 3 is 2.73 bits per heavy atom. The molecule has 2 heterocycles. The van der Waals surface area contributed by atoms with Crippen molar-refractivity contribution in [1.29, 1.82) is 0 Å². The second kappa shape index (κ2) is 7.82. The molecule has 0 atom stereocenters. The van der Waals surface area contributed by atoms with Gasteiger partial charge in [0, 0.05) is 18.3 Å². The Morgan fingerprint density at radius 2 is 1.96 bits per heavy atom. The largest absolute Gasteiger partial charge is 0.351 e. The number of hydrogen-bond donors (Lipinski definition) is 2. The number of carbonyl (C=O) groups excluding carboxylic acids is 2. The number of hydrogen-bond acceptors (Lipinski definition) is 3. The molecule has 2 N–H and O–H groups in total. The summed E-state index contributed by atoms with van der Waals surface area (Å²) in [5.74, 6) is -0.284. The van der Waals surface area contributed by atoms with Crippen molar-refractivity contribution in [3.63, 3.8) is 0 Å². The maximum absolute atomic E-state index is 12.7. The number of rotatable bonds is 6. The van der Waals surface area contributed by atoms with Crippen LogP contribution in [0.2, 0.25) is 0 Å². The molecular formula is C20H22N4O2. The van der Waals surface area contributed by atoms with E-state index in [1.807, 2.05) is 31.2 Å². The van der Waals surface area contributed by atoms with Crippen LogP contribution in [0.1, 0.15) is 46.2 Å². The number of unbranched alkanes of at least 4 members (excludes halogenated alkanes) is 1. The number of aromatic nitrogens is 2. The van der Waals surface area contributed by atoms with Crippen LogP contribution in [0.5, 0.6) is 0 Å². The van der Waals surface area contributed by atoms with Gasteiger partial charge in [-0.05, 0) is 37.6 Å². The third-order valence-electron chi connectivity index (χ3n) is 4.07. The van der Waals surface area contributed by atoms with Gasteiger partial charge in [-0.15, -0.1) is 0 Å². The van der Waals surface area contributed by atoms with Gasteiger partial charge in [0.15, 0.2) is 11.5 Å². The predicted molar refractivity (Wildman–Crippen MR) is 102 cm³/mol. The summed E-state index contributed by atoms with van der Waals surface area (Å²) in [6, 6.07) is 12.7. The summed E-state index contributed by atoms with van der Waals surface area (Å²) in [6.07, 6.45) is 3.65. The van der Waals surface area contributed by atoms with Gasteiger partial charge in [-0.2, -0.15) is 0 Å². The summed E-state index contributed by atoms with van der Waals surface area (Å²) in [6.45, 7) is 4.57. The van der Waals surface area contributed by atoms with Crippen molar-refractivity contribution >= 4 is 23.3 Å². The molecule has 0 saturated carbocycles. The molecule has 0 spiro atoms. The van der Waals surface area contributed by atoms with E-state index in [2.05, 4.69) is 22.5 Å². The van der Waals surface area contributed by atoms with Crippen molar-refractivity contribution in [3.8, 4) is 0 Å². The minimum absolute atomic E-state index is 0.253. The smallest absolute Gasteiger partial charge is 0.272 e. The van der Waals surface area contributed by atoms with E-state index in [1.165, 1.54) is 0 Å². The highest BCUT2D eigenvalue weighted by atomic mass is 16.2. The number of nitrogens with zero attached hydrogens (tertiary/aromatic N) is 2. The van der Waals surface area contributed by atoms with E-state index in [0.29, 0.717) is 23.4 Å². The molecule has 0 aliphatic heterocycles. The number of carbonyl (C=O) groups is 2. The van der Waals surface area contributed by atoms with Crippen LogP contribution in [-0.4, -0.2) is 27.7 Å². The lowest BCUT2D eigenvalue weighted by Gasteiger charge is -2.08. The molecule has 6 heteroatoms. The van der Waals surface area contributed by atoms with Crippen LogP contribution < -0.4 is 10.6 Å². The Kier molecular flexibility index (Phi) is 5.31. The summed E-state index contributed by atoms with van der Waals surface area (Å²) in [7, 11) is 0. The fraction of sp³-hybridized carbons (Fsp3) is 0.250. The SMILES string of the molecule is CCCCNC(=O)c1c(NC(=O)c2cccc(C)c2)nc2ccccn12. The molecule has 134 valence electrons. The Morgan fingerprint density at radius 1 is 1.12 bits per heavy atom. The third kappa shape index (κ3) is 3.74. The second-order valence-electron chi connectivity index (χ2n) is 6.17. The van der Waals surface area contributed by atoms with Crippen LogP contribution in [0.3, 0.4) is 0 Å². The van der Waals surface area contributed by atoms with Crippen LogP contribution in [0, 0.1) is 6.92 Å². The number of nitrogens with one attached hydrogen (secondary N) is 2. The van der Waals surface area contributed by atoms with Crippen molar-refractivity contribution in [2.45, 2.75) is 26.7 Å². The van der Waals surface area contributed by atoms with Gasteiger partial charge in [0.2, 0.25) is 0 Å². The molecule has 26 heavy (non-hydrogen) atoms. The lowest BCUT2D eigenvalue weighted by atomic mass is 10.1. The second-order valence-corrected chi connectivity index (χ2v) is 6.17. The van der Waals surface area contributed by atoms with Crippen LogP contribution >= 0.6 is 0 Å². The standard InChI is InChI=1S/C20H22N4O2/c1-3-4-11-21-20(26)17-18(22-16-10-5-6-12-24(16)17)23-19(25)15-9-7-8-14(2)13-15/h5-10,12-13H,3-4,11H2,1-2H3,(H,21,26)(H,23,25). The normalized spacial score (nSPS) is 10.7. The first-order valence-electron chi connectivity index (χ1n) is 8.73. The summed E-state index contributed by atoms with van der Waals surface area (Å²) in [4.78, 5) is 29.7. The zero-order valence-corrected chi connectivity index (χ0v) is 15.0. The lowest BCUT2D eigenvalue weighted by molar-refractivity contribution is 0.0948. The highest BCUT2D eigenvalue weighted by molar-refractivity contribution is 6.08. The molecule has 0 bridgehead atoms. The first kappa shape index (κ1) is 17.7. The molecule has 0 fully saturated rings. The number of amides is 2. The van der Waals surface area contributed by atoms with Crippen molar-refractivity contribution in [1.82, 2.24) is 14.7 Å². The van der Waals surface area contributed by atoms with Gasteiger partial charge in [-0.25, -0.2) is 4.98 Å². The van der Waals surface area contributed by atoms with E-state index >= 15 is 0 Å². The molecule has 2 aromatic heterocycles. The fourth-order valence-corrected chi connectivity index (χ4v) is 2.73. The number of benzene rings is 1. The third-order valence-corrected chi connectivity index (χ3v) is 4.07. The average molecular weight is 350 g/mol. The number of aryl methyl sites for hydroxylation is 1. The van der Waals surface area contributed by atoms with E-state index in [4.69, 9.17) is 0 Å². The van der Waals surface area contributed by atoms with Crippen LogP contribution in [-0.2, 0) is 0 Å². The summed E-state index contributed by atoms with van der Waals surface area (Å²) in [5.41, 5.74) is 2.45. The first-order valence-corrected chi connectivity index (χ1v) is 8.73. The van der Waals surface area contributed by atoms with E-state index in [9.17, 15) is 9.59 Å². The van der Waals surface area contributed by atoms with Crippen LogP contribution in [0.25, 0.3) is 5.65 Å². The Balaban J connectivity index is 1.93. The molecule has 0 unspecified atom stereocenters. The molecule has 3 rings (SSSR count). The van der Waals surface area contributed by atoms with Gasteiger partial charge in [-0.3, -0.25) is 14.0 Å². The number of fused-ring (bicyclic) bond motifs is 1. The van der Waals surface area contributed by atoms with E-state index in [0.717, 1.165) is 18.4 Å². The molecule has 2 amide bonds. The Labute approximate surface area is 152 Å². The zero-order valence-electron chi connectivity index (χ0n) is 15.0. The van der Waals surface area contributed by atoms with E-state index in [1.54, 1.807) is 28.8 Å². The fourth-order valence-electron chi connectivity index (χ4n) is 2.73. The number of pyridine rings is 1. The quantitative estimate of drug-likeness (QED) is 0.669. The molecule has 0 aliphatic rings. The maximum Gasteiger partial charge on any atom is 0.272 e. The summed E-state index contributed by atoms with van der Waals surface area (Å²) >= 11 is 0. The molecule has 3 aromatic rings. The topological polar surface area (TPSA) is 75.5 Å². The van der Waals surface area contributed by atoms with Crippen molar-refractivity contribution in [2.24, 2.45) is 0 Å². The lowest BCUT2D eigenvalue weighted by Crippen LogP contribution is -2.27. The van der Waals surface area contributed by atoms with Crippen LogP contribution in [0.15, 0.2) is 48.7 Å². The van der Waals surface area contributed by atoms with Crippen molar-refractivity contribution in [3.05, 3.63) is 65.5 Å².